The lowest BCUT2D eigenvalue weighted by Crippen LogP contribution is -2.15. The van der Waals surface area contributed by atoms with Crippen LogP contribution in [0.5, 0.6) is 0 Å². The van der Waals surface area contributed by atoms with Gasteiger partial charge in [-0.05, 0) is 46.6 Å². The smallest absolute Gasteiger partial charge is 0.263 e. The van der Waals surface area contributed by atoms with Crippen LogP contribution in [0.2, 0.25) is 0 Å². The Morgan fingerprint density at radius 2 is 2.05 bits per heavy atom. The molecule has 2 aromatic rings. The Bertz CT molecular complexity index is 782. The quantitative estimate of drug-likeness (QED) is 0.913. The molecule has 0 aliphatic rings. The summed E-state index contributed by atoms with van der Waals surface area (Å²) in [6.45, 7) is 1.74. The SMILES string of the molecule is Cc1cc(Br)cnc1NS(=O)(=O)c1ccc(C#N)nc1. The summed E-state index contributed by atoms with van der Waals surface area (Å²) in [7, 11) is -3.77. The van der Waals surface area contributed by atoms with E-state index in [0.717, 1.165) is 10.7 Å². The number of aryl methyl sites for hydroxylation is 1. The highest BCUT2D eigenvalue weighted by Crippen LogP contribution is 2.20. The van der Waals surface area contributed by atoms with Crippen LogP contribution in [0.3, 0.4) is 0 Å². The van der Waals surface area contributed by atoms with E-state index in [4.69, 9.17) is 5.26 Å². The van der Waals surface area contributed by atoms with Crippen LogP contribution in [-0.4, -0.2) is 18.4 Å². The highest BCUT2D eigenvalue weighted by molar-refractivity contribution is 9.10. The van der Waals surface area contributed by atoms with Crippen LogP contribution < -0.4 is 4.72 Å². The third-order valence-corrected chi connectivity index (χ3v) is 4.19. The lowest BCUT2D eigenvalue weighted by molar-refractivity contribution is 0.600. The number of anilines is 1. The second-order valence-corrected chi connectivity index (χ2v) is 6.51. The number of nitriles is 1. The first-order valence-electron chi connectivity index (χ1n) is 5.43. The van der Waals surface area contributed by atoms with Crippen molar-refractivity contribution in [3.63, 3.8) is 0 Å². The number of aromatic nitrogens is 2. The maximum Gasteiger partial charge on any atom is 0.264 e. The molecule has 0 unspecified atom stereocenters. The zero-order chi connectivity index (χ0) is 14.8. The molecule has 0 bridgehead atoms. The minimum absolute atomic E-state index is 0.0272. The summed E-state index contributed by atoms with van der Waals surface area (Å²) < 4.78 is 27.5. The van der Waals surface area contributed by atoms with Crippen LogP contribution in [0, 0.1) is 18.3 Å². The van der Waals surface area contributed by atoms with Crippen LogP contribution in [0.4, 0.5) is 5.82 Å². The number of hydrogen-bond donors (Lipinski definition) is 1. The summed E-state index contributed by atoms with van der Waals surface area (Å²) in [5.74, 6) is 0.248. The summed E-state index contributed by atoms with van der Waals surface area (Å²) in [6.07, 6.45) is 2.64. The van der Waals surface area contributed by atoms with Gasteiger partial charge in [0.2, 0.25) is 0 Å². The molecule has 2 rings (SSSR count). The van der Waals surface area contributed by atoms with Gasteiger partial charge in [0.1, 0.15) is 22.5 Å². The monoisotopic (exact) mass is 352 g/mol. The third kappa shape index (κ3) is 3.12. The van der Waals surface area contributed by atoms with Gasteiger partial charge in [0.15, 0.2) is 0 Å². The molecule has 2 heterocycles. The van der Waals surface area contributed by atoms with Crippen molar-refractivity contribution in [3.05, 3.63) is 46.3 Å². The lowest BCUT2D eigenvalue weighted by atomic mass is 10.3. The molecule has 0 aliphatic carbocycles. The standard InChI is InChI=1S/C12H9BrN4O2S/c1-8-4-9(13)6-16-12(8)17-20(18,19)11-3-2-10(5-14)15-7-11/h2-4,6-7H,1H3,(H,16,17). The van der Waals surface area contributed by atoms with Gasteiger partial charge >= 0.3 is 0 Å². The van der Waals surface area contributed by atoms with E-state index in [1.54, 1.807) is 13.0 Å². The van der Waals surface area contributed by atoms with Crippen molar-refractivity contribution in [2.75, 3.05) is 4.72 Å². The van der Waals surface area contributed by atoms with Gasteiger partial charge in [0.25, 0.3) is 10.0 Å². The first-order valence-corrected chi connectivity index (χ1v) is 7.71. The highest BCUT2D eigenvalue weighted by Gasteiger charge is 2.16. The Morgan fingerprint density at radius 1 is 1.30 bits per heavy atom. The molecule has 0 atom stereocenters. The number of hydrogen-bond acceptors (Lipinski definition) is 5. The first-order chi connectivity index (χ1) is 9.42. The molecule has 102 valence electrons. The summed E-state index contributed by atoms with van der Waals surface area (Å²) in [6, 6.07) is 6.24. The molecule has 0 aliphatic heterocycles. The van der Waals surface area contributed by atoms with Crippen LogP contribution in [0.1, 0.15) is 11.3 Å². The topological polar surface area (TPSA) is 95.7 Å². The second-order valence-electron chi connectivity index (χ2n) is 3.92. The van der Waals surface area contributed by atoms with E-state index in [1.165, 1.54) is 18.3 Å². The Labute approximate surface area is 124 Å². The Morgan fingerprint density at radius 3 is 2.60 bits per heavy atom. The van der Waals surface area contributed by atoms with Crippen molar-refractivity contribution in [1.82, 2.24) is 9.97 Å². The molecule has 0 aromatic carbocycles. The fourth-order valence-electron chi connectivity index (χ4n) is 1.44. The predicted molar refractivity (Wildman–Crippen MR) is 76.4 cm³/mol. The van der Waals surface area contributed by atoms with Gasteiger partial charge in [-0.15, -0.1) is 0 Å². The molecule has 0 saturated heterocycles. The van der Waals surface area contributed by atoms with Crippen LogP contribution in [-0.2, 0) is 10.0 Å². The number of sulfonamides is 1. The predicted octanol–water partition coefficient (Wildman–Crippen LogP) is 2.22. The zero-order valence-corrected chi connectivity index (χ0v) is 12.7. The van der Waals surface area contributed by atoms with Crippen LogP contribution in [0.15, 0.2) is 40.0 Å². The van der Waals surface area contributed by atoms with Gasteiger partial charge in [-0.3, -0.25) is 4.72 Å². The van der Waals surface area contributed by atoms with Gasteiger partial charge in [-0.1, -0.05) is 0 Å². The molecule has 0 amide bonds. The summed E-state index contributed by atoms with van der Waals surface area (Å²) in [5, 5.41) is 8.64. The molecule has 6 nitrogen and oxygen atoms in total. The number of nitrogens with one attached hydrogen (secondary N) is 1. The molecule has 0 spiro atoms. The van der Waals surface area contributed by atoms with Crippen LogP contribution >= 0.6 is 15.9 Å². The molecule has 2 aromatic heterocycles. The number of rotatable bonds is 3. The molecule has 1 N–H and O–H groups in total. The van der Waals surface area contributed by atoms with Gasteiger partial charge in [0, 0.05) is 16.9 Å². The van der Waals surface area contributed by atoms with Crippen molar-refractivity contribution in [2.45, 2.75) is 11.8 Å². The number of pyridine rings is 2. The normalized spacial score (nSPS) is 10.8. The Kier molecular flexibility index (Phi) is 4.01. The van der Waals surface area contributed by atoms with Gasteiger partial charge in [-0.25, -0.2) is 18.4 Å². The van der Waals surface area contributed by atoms with Crippen molar-refractivity contribution >= 4 is 31.8 Å². The summed E-state index contributed by atoms with van der Waals surface area (Å²) in [5.41, 5.74) is 0.839. The minimum Gasteiger partial charge on any atom is -0.263 e. The van der Waals surface area contributed by atoms with E-state index < -0.39 is 10.0 Å². The maximum atomic E-state index is 12.2. The second kappa shape index (κ2) is 5.56. The van der Waals surface area contributed by atoms with E-state index in [-0.39, 0.29) is 16.4 Å². The lowest BCUT2D eigenvalue weighted by Gasteiger charge is -2.09. The van der Waals surface area contributed by atoms with Crippen molar-refractivity contribution in [2.24, 2.45) is 0 Å². The van der Waals surface area contributed by atoms with E-state index >= 15 is 0 Å². The third-order valence-electron chi connectivity index (χ3n) is 2.44. The largest absolute Gasteiger partial charge is 0.264 e. The van der Waals surface area contributed by atoms with Gasteiger partial charge in [0.05, 0.1) is 0 Å². The van der Waals surface area contributed by atoms with Crippen molar-refractivity contribution in [1.29, 1.82) is 5.26 Å². The Hall–Kier alpha value is -1.98. The molecule has 0 radical (unpaired) electrons. The fraction of sp³-hybridized carbons (Fsp3) is 0.0833. The number of halogens is 1. The molecule has 0 saturated carbocycles. The van der Waals surface area contributed by atoms with E-state index in [1.807, 2.05) is 6.07 Å². The van der Waals surface area contributed by atoms with E-state index in [0.29, 0.717) is 5.56 Å². The van der Waals surface area contributed by atoms with Crippen molar-refractivity contribution < 1.29 is 8.42 Å². The van der Waals surface area contributed by atoms with E-state index in [2.05, 4.69) is 30.6 Å². The van der Waals surface area contributed by atoms with E-state index in [9.17, 15) is 8.42 Å². The molecule has 0 fully saturated rings. The maximum absolute atomic E-state index is 12.2. The average molecular weight is 353 g/mol. The van der Waals surface area contributed by atoms with Crippen LogP contribution in [0.25, 0.3) is 0 Å². The highest BCUT2D eigenvalue weighted by atomic mass is 79.9. The summed E-state index contributed by atoms with van der Waals surface area (Å²) in [4.78, 5) is 7.72. The van der Waals surface area contributed by atoms with Gasteiger partial charge in [-0.2, -0.15) is 5.26 Å². The number of nitrogens with zero attached hydrogens (tertiary/aromatic N) is 3. The molecular formula is C12H9BrN4O2S. The minimum atomic E-state index is -3.77. The molecular weight excluding hydrogens is 344 g/mol. The zero-order valence-electron chi connectivity index (χ0n) is 10.3. The van der Waals surface area contributed by atoms with Crippen molar-refractivity contribution in [3.8, 4) is 6.07 Å². The fourth-order valence-corrected chi connectivity index (χ4v) is 2.91. The Balaban J connectivity index is 2.33. The average Bonchev–Trinajstić information content (AvgIpc) is 2.42. The molecule has 8 heteroatoms. The summed E-state index contributed by atoms with van der Waals surface area (Å²) >= 11 is 3.26. The molecule has 20 heavy (non-hydrogen) atoms. The van der Waals surface area contributed by atoms with Gasteiger partial charge < -0.3 is 0 Å². The first kappa shape index (κ1) is 14.4.